The van der Waals surface area contributed by atoms with Crippen molar-refractivity contribution in [3.05, 3.63) is 11.6 Å². The standard InChI is InChI=1S/C17H28N4O/c1-13(2)9-10-16(22)20-12-6-7-14(20)17-19-18-15-8-4-3-5-11-21(15)17/h13-14H,3-12H2,1-2H3/t14-/m1/s1. The van der Waals surface area contributed by atoms with Crippen LogP contribution < -0.4 is 0 Å². The van der Waals surface area contributed by atoms with Crippen LogP contribution in [0.25, 0.3) is 0 Å². The van der Waals surface area contributed by atoms with Gasteiger partial charge in [0.2, 0.25) is 5.91 Å². The Morgan fingerprint density at radius 3 is 2.86 bits per heavy atom. The molecule has 1 atom stereocenters. The second kappa shape index (κ2) is 6.80. The van der Waals surface area contributed by atoms with Gasteiger partial charge in [0.15, 0.2) is 5.82 Å². The van der Waals surface area contributed by atoms with Crippen molar-refractivity contribution >= 4 is 5.91 Å². The molecule has 5 nitrogen and oxygen atoms in total. The van der Waals surface area contributed by atoms with E-state index in [1.165, 1.54) is 19.3 Å². The summed E-state index contributed by atoms with van der Waals surface area (Å²) < 4.78 is 2.30. The van der Waals surface area contributed by atoms with E-state index in [0.29, 0.717) is 18.2 Å². The van der Waals surface area contributed by atoms with Crippen LogP contribution in [-0.4, -0.2) is 32.1 Å². The molecule has 5 heteroatoms. The fourth-order valence-corrected chi connectivity index (χ4v) is 3.64. The molecule has 1 saturated heterocycles. The molecule has 0 unspecified atom stereocenters. The minimum absolute atomic E-state index is 0.152. The van der Waals surface area contributed by atoms with Crippen molar-refractivity contribution in [2.24, 2.45) is 5.92 Å². The van der Waals surface area contributed by atoms with Gasteiger partial charge >= 0.3 is 0 Å². The summed E-state index contributed by atoms with van der Waals surface area (Å²) in [5.74, 6) is 3.03. The number of rotatable bonds is 4. The molecule has 0 saturated carbocycles. The van der Waals surface area contributed by atoms with E-state index < -0.39 is 0 Å². The fraction of sp³-hybridized carbons (Fsp3) is 0.824. The molecule has 0 N–H and O–H groups in total. The number of aryl methyl sites for hydroxylation is 1. The van der Waals surface area contributed by atoms with E-state index in [2.05, 4.69) is 33.5 Å². The lowest BCUT2D eigenvalue weighted by atomic mass is 10.1. The van der Waals surface area contributed by atoms with Crippen LogP contribution in [0.2, 0.25) is 0 Å². The lowest BCUT2D eigenvalue weighted by Gasteiger charge is -2.25. The van der Waals surface area contributed by atoms with Crippen LogP contribution in [0.4, 0.5) is 0 Å². The Bertz CT molecular complexity index is 523. The van der Waals surface area contributed by atoms with Crippen molar-refractivity contribution in [3.8, 4) is 0 Å². The number of fused-ring (bicyclic) bond motifs is 1. The largest absolute Gasteiger partial charge is 0.332 e. The Kier molecular flexibility index (Phi) is 4.79. The number of likely N-dealkylation sites (tertiary alicyclic amines) is 1. The van der Waals surface area contributed by atoms with Gasteiger partial charge in [-0.3, -0.25) is 4.79 Å². The van der Waals surface area contributed by atoms with E-state index in [-0.39, 0.29) is 6.04 Å². The molecule has 2 aliphatic rings. The predicted octanol–water partition coefficient (Wildman–Crippen LogP) is 3.10. The first-order valence-electron chi connectivity index (χ1n) is 8.88. The summed E-state index contributed by atoms with van der Waals surface area (Å²) in [7, 11) is 0. The molecule has 3 rings (SSSR count). The highest BCUT2D eigenvalue weighted by Gasteiger charge is 2.34. The summed E-state index contributed by atoms with van der Waals surface area (Å²) in [5.41, 5.74) is 0. The third-order valence-corrected chi connectivity index (χ3v) is 4.94. The van der Waals surface area contributed by atoms with E-state index >= 15 is 0 Å². The summed E-state index contributed by atoms with van der Waals surface area (Å²) >= 11 is 0. The molecule has 1 aromatic rings. The topological polar surface area (TPSA) is 51.0 Å². The van der Waals surface area contributed by atoms with Crippen molar-refractivity contribution in [1.29, 1.82) is 0 Å². The van der Waals surface area contributed by atoms with Crippen molar-refractivity contribution in [2.75, 3.05) is 6.54 Å². The lowest BCUT2D eigenvalue weighted by Crippen LogP contribution is -2.32. The average molecular weight is 304 g/mol. The highest BCUT2D eigenvalue weighted by atomic mass is 16.2. The van der Waals surface area contributed by atoms with E-state index in [4.69, 9.17) is 0 Å². The summed E-state index contributed by atoms with van der Waals surface area (Å²) in [6.07, 6.45) is 8.46. The van der Waals surface area contributed by atoms with Gasteiger partial charge in [-0.1, -0.05) is 20.3 Å². The minimum Gasteiger partial charge on any atom is -0.332 e. The lowest BCUT2D eigenvalue weighted by molar-refractivity contribution is -0.132. The van der Waals surface area contributed by atoms with Crippen LogP contribution in [0.5, 0.6) is 0 Å². The second-order valence-electron chi connectivity index (χ2n) is 7.11. The number of nitrogens with zero attached hydrogens (tertiary/aromatic N) is 4. The maximum atomic E-state index is 12.6. The van der Waals surface area contributed by atoms with Crippen LogP contribution in [0.15, 0.2) is 0 Å². The monoisotopic (exact) mass is 304 g/mol. The molecule has 22 heavy (non-hydrogen) atoms. The molecular weight excluding hydrogens is 276 g/mol. The SMILES string of the molecule is CC(C)CCC(=O)N1CCC[C@@H]1c1nnc2n1CCCCC2. The van der Waals surface area contributed by atoms with Crippen LogP contribution in [0.1, 0.15) is 76.5 Å². The molecule has 0 aliphatic carbocycles. The van der Waals surface area contributed by atoms with Gasteiger partial charge in [-0.25, -0.2) is 0 Å². The van der Waals surface area contributed by atoms with E-state index in [9.17, 15) is 4.79 Å². The maximum Gasteiger partial charge on any atom is 0.223 e. The Labute approximate surface area is 133 Å². The molecule has 0 bridgehead atoms. The van der Waals surface area contributed by atoms with Gasteiger partial charge in [0, 0.05) is 25.9 Å². The van der Waals surface area contributed by atoms with Crippen LogP contribution in [0, 0.1) is 5.92 Å². The molecule has 2 aliphatic heterocycles. The van der Waals surface area contributed by atoms with Gasteiger partial charge in [0.1, 0.15) is 5.82 Å². The van der Waals surface area contributed by atoms with E-state index in [1.807, 2.05) is 0 Å². The van der Waals surface area contributed by atoms with Crippen molar-refractivity contribution in [1.82, 2.24) is 19.7 Å². The minimum atomic E-state index is 0.152. The van der Waals surface area contributed by atoms with Gasteiger partial charge in [0.25, 0.3) is 0 Å². The Balaban J connectivity index is 1.76. The quantitative estimate of drug-likeness (QED) is 0.859. The highest BCUT2D eigenvalue weighted by Crippen LogP contribution is 2.33. The zero-order valence-electron chi connectivity index (χ0n) is 13.9. The van der Waals surface area contributed by atoms with Gasteiger partial charge in [-0.2, -0.15) is 0 Å². The smallest absolute Gasteiger partial charge is 0.223 e. The Morgan fingerprint density at radius 2 is 2.05 bits per heavy atom. The molecule has 1 aromatic heterocycles. The van der Waals surface area contributed by atoms with E-state index in [0.717, 1.165) is 50.4 Å². The molecule has 0 radical (unpaired) electrons. The Morgan fingerprint density at radius 1 is 1.18 bits per heavy atom. The van der Waals surface area contributed by atoms with Gasteiger partial charge in [-0.05, 0) is 38.0 Å². The van der Waals surface area contributed by atoms with E-state index in [1.54, 1.807) is 0 Å². The van der Waals surface area contributed by atoms with Gasteiger partial charge < -0.3 is 9.47 Å². The molecule has 122 valence electrons. The summed E-state index contributed by atoms with van der Waals surface area (Å²) in [6, 6.07) is 0.152. The number of amides is 1. The number of aromatic nitrogens is 3. The maximum absolute atomic E-state index is 12.6. The first-order valence-corrected chi connectivity index (χ1v) is 8.88. The average Bonchev–Trinajstić information content (AvgIpc) is 3.05. The first-order chi connectivity index (χ1) is 10.7. The normalized spacial score (nSPS) is 22.0. The van der Waals surface area contributed by atoms with Gasteiger partial charge in [-0.15, -0.1) is 10.2 Å². The number of carbonyl (C=O) groups is 1. The molecule has 1 amide bonds. The fourth-order valence-electron chi connectivity index (χ4n) is 3.64. The number of carbonyl (C=O) groups excluding carboxylic acids is 1. The van der Waals surface area contributed by atoms with Gasteiger partial charge in [0.05, 0.1) is 6.04 Å². The molecule has 0 aromatic carbocycles. The van der Waals surface area contributed by atoms with Crippen molar-refractivity contribution < 1.29 is 4.79 Å². The van der Waals surface area contributed by atoms with Crippen LogP contribution in [-0.2, 0) is 17.8 Å². The number of hydrogen-bond donors (Lipinski definition) is 0. The highest BCUT2D eigenvalue weighted by molar-refractivity contribution is 5.76. The molecule has 0 spiro atoms. The zero-order chi connectivity index (χ0) is 15.5. The van der Waals surface area contributed by atoms with Crippen LogP contribution in [0.3, 0.4) is 0 Å². The molecular formula is C17H28N4O. The summed E-state index contributed by atoms with van der Waals surface area (Å²) in [5, 5.41) is 8.87. The zero-order valence-corrected chi connectivity index (χ0v) is 13.9. The third-order valence-electron chi connectivity index (χ3n) is 4.94. The second-order valence-corrected chi connectivity index (χ2v) is 7.11. The summed E-state index contributed by atoms with van der Waals surface area (Å²) in [6.45, 7) is 6.24. The third kappa shape index (κ3) is 3.18. The first kappa shape index (κ1) is 15.5. The summed E-state index contributed by atoms with van der Waals surface area (Å²) in [4.78, 5) is 14.6. The number of hydrogen-bond acceptors (Lipinski definition) is 3. The van der Waals surface area contributed by atoms with Crippen molar-refractivity contribution in [2.45, 2.75) is 77.8 Å². The predicted molar refractivity (Wildman–Crippen MR) is 85.3 cm³/mol. The molecule has 1 fully saturated rings. The molecule has 3 heterocycles. The Hall–Kier alpha value is -1.39. The van der Waals surface area contributed by atoms with Crippen LogP contribution >= 0.6 is 0 Å². The van der Waals surface area contributed by atoms with Crippen molar-refractivity contribution in [3.63, 3.8) is 0 Å².